The van der Waals surface area contributed by atoms with Crippen LogP contribution in [0.4, 0.5) is 0 Å². The zero-order chi connectivity index (χ0) is 8.84. The van der Waals surface area contributed by atoms with Crippen LogP contribution in [-0.2, 0) is 0 Å². The lowest BCUT2D eigenvalue weighted by atomic mass is 9.54. The van der Waals surface area contributed by atoms with E-state index >= 15 is 0 Å². The predicted molar refractivity (Wildman–Crippen MR) is 55.4 cm³/mol. The van der Waals surface area contributed by atoms with Gasteiger partial charge in [0.05, 0.1) is 0 Å². The summed E-state index contributed by atoms with van der Waals surface area (Å²) in [5.74, 6) is 4.29. The van der Waals surface area contributed by atoms with E-state index in [2.05, 4.69) is 13.0 Å². The number of rotatable bonds is 1. The molecule has 0 atom stereocenters. The molecule has 0 heterocycles. The van der Waals surface area contributed by atoms with Crippen LogP contribution in [0.15, 0.2) is 11.6 Å². The molecule has 4 aliphatic carbocycles. The predicted octanol–water partition coefficient (Wildman–Crippen LogP) is 3.78. The van der Waals surface area contributed by atoms with Crippen LogP contribution < -0.4 is 0 Å². The van der Waals surface area contributed by atoms with E-state index < -0.39 is 0 Å². The second kappa shape index (κ2) is 2.87. The first kappa shape index (κ1) is 8.08. The van der Waals surface area contributed by atoms with Crippen LogP contribution in [0.1, 0.15) is 45.4 Å². The fraction of sp³-hybridized carbons (Fsp3) is 0.846. The highest BCUT2D eigenvalue weighted by Crippen LogP contribution is 2.56. The molecule has 0 N–H and O–H groups in total. The van der Waals surface area contributed by atoms with Crippen LogP contribution in [0.25, 0.3) is 0 Å². The van der Waals surface area contributed by atoms with Gasteiger partial charge in [-0.25, -0.2) is 0 Å². The molecule has 0 nitrogen and oxygen atoms in total. The second-order valence-corrected chi connectivity index (χ2v) is 5.42. The van der Waals surface area contributed by atoms with E-state index in [9.17, 15) is 0 Å². The second-order valence-electron chi connectivity index (χ2n) is 5.42. The molecule has 13 heavy (non-hydrogen) atoms. The van der Waals surface area contributed by atoms with Crippen molar-refractivity contribution in [2.75, 3.05) is 0 Å². The van der Waals surface area contributed by atoms with Crippen molar-refractivity contribution in [1.29, 1.82) is 0 Å². The van der Waals surface area contributed by atoms with Crippen molar-refractivity contribution in [2.45, 2.75) is 45.4 Å². The molecule has 0 aliphatic heterocycles. The van der Waals surface area contributed by atoms with E-state index in [1.807, 2.05) is 5.57 Å². The third-order valence-electron chi connectivity index (χ3n) is 4.52. The van der Waals surface area contributed by atoms with Crippen molar-refractivity contribution in [3.05, 3.63) is 11.6 Å². The van der Waals surface area contributed by atoms with Gasteiger partial charge in [-0.2, -0.15) is 0 Å². The fourth-order valence-corrected chi connectivity index (χ4v) is 4.30. The number of allylic oxidation sites excluding steroid dienone is 2. The molecule has 0 spiro atoms. The molecule has 0 aromatic rings. The van der Waals surface area contributed by atoms with E-state index in [1.165, 1.54) is 6.42 Å². The Morgan fingerprint density at radius 1 is 1.00 bits per heavy atom. The molecule has 4 rings (SSSR count). The molecule has 0 saturated heterocycles. The number of hydrogen-bond donors (Lipinski definition) is 0. The highest BCUT2D eigenvalue weighted by atomic mass is 14.5. The Morgan fingerprint density at radius 2 is 1.54 bits per heavy atom. The zero-order valence-corrected chi connectivity index (χ0v) is 8.63. The van der Waals surface area contributed by atoms with Gasteiger partial charge in [-0.05, 0) is 62.2 Å². The van der Waals surface area contributed by atoms with Crippen molar-refractivity contribution < 1.29 is 0 Å². The van der Waals surface area contributed by atoms with E-state index in [0.29, 0.717) is 0 Å². The fourth-order valence-electron chi connectivity index (χ4n) is 4.30. The molecular formula is C13H20. The van der Waals surface area contributed by atoms with E-state index in [-0.39, 0.29) is 0 Å². The molecule has 4 aliphatic rings. The topological polar surface area (TPSA) is 0 Å². The van der Waals surface area contributed by atoms with Crippen molar-refractivity contribution in [3.63, 3.8) is 0 Å². The van der Waals surface area contributed by atoms with Gasteiger partial charge < -0.3 is 0 Å². The SMILES string of the molecule is CCC=C1C2CC3CC(C2)CC1C3. The first-order valence-corrected chi connectivity index (χ1v) is 6.06. The Hall–Kier alpha value is -0.260. The Kier molecular flexibility index (Phi) is 1.78. The molecule has 4 saturated carbocycles. The Balaban J connectivity index is 1.89. The summed E-state index contributed by atoms with van der Waals surface area (Å²) < 4.78 is 0. The Labute approximate surface area is 81.4 Å². The number of hydrogen-bond acceptors (Lipinski definition) is 0. The standard InChI is InChI=1S/C13H20/c1-2-3-13-11-5-9-4-10(7-11)8-12(13)6-9/h3,9-12H,2,4-8H2,1H3. The summed E-state index contributed by atoms with van der Waals surface area (Å²) in [7, 11) is 0. The van der Waals surface area contributed by atoms with Gasteiger partial charge in [0.2, 0.25) is 0 Å². The minimum atomic E-state index is 1.02. The van der Waals surface area contributed by atoms with Crippen molar-refractivity contribution >= 4 is 0 Å². The summed E-state index contributed by atoms with van der Waals surface area (Å²) in [5.41, 5.74) is 1.87. The first-order valence-electron chi connectivity index (χ1n) is 6.06. The maximum atomic E-state index is 2.55. The quantitative estimate of drug-likeness (QED) is 0.533. The molecule has 0 aromatic heterocycles. The molecule has 0 radical (unpaired) electrons. The van der Waals surface area contributed by atoms with Gasteiger partial charge in [-0.15, -0.1) is 0 Å². The van der Waals surface area contributed by atoms with Crippen LogP contribution in [-0.4, -0.2) is 0 Å². The maximum absolute atomic E-state index is 2.55. The molecular weight excluding hydrogens is 156 g/mol. The van der Waals surface area contributed by atoms with Crippen molar-refractivity contribution in [2.24, 2.45) is 23.7 Å². The summed E-state index contributed by atoms with van der Waals surface area (Å²) in [6, 6.07) is 0. The van der Waals surface area contributed by atoms with Crippen LogP contribution in [0.3, 0.4) is 0 Å². The molecule has 72 valence electrons. The van der Waals surface area contributed by atoms with Gasteiger partial charge in [0.25, 0.3) is 0 Å². The smallest absolute Gasteiger partial charge is 0.0195 e. The van der Waals surface area contributed by atoms with Gasteiger partial charge >= 0.3 is 0 Å². The normalized spacial score (nSPS) is 47.0. The molecule has 0 aromatic carbocycles. The summed E-state index contributed by atoms with van der Waals surface area (Å²) in [6.45, 7) is 2.29. The average Bonchev–Trinajstić information content (AvgIpc) is 2.10. The molecule has 0 amide bonds. The maximum Gasteiger partial charge on any atom is -0.0195 e. The monoisotopic (exact) mass is 176 g/mol. The highest BCUT2D eigenvalue weighted by Gasteiger charge is 2.44. The first-order chi connectivity index (χ1) is 6.36. The Morgan fingerprint density at radius 3 is 2.00 bits per heavy atom. The lowest BCUT2D eigenvalue weighted by Gasteiger charge is -2.51. The summed E-state index contributed by atoms with van der Waals surface area (Å²) in [6.07, 6.45) is 11.5. The molecule has 0 heteroatoms. The van der Waals surface area contributed by atoms with Crippen molar-refractivity contribution in [1.82, 2.24) is 0 Å². The van der Waals surface area contributed by atoms with E-state index in [0.717, 1.165) is 23.7 Å². The molecule has 4 fully saturated rings. The van der Waals surface area contributed by atoms with Gasteiger partial charge in [-0.1, -0.05) is 18.6 Å². The van der Waals surface area contributed by atoms with E-state index in [4.69, 9.17) is 0 Å². The van der Waals surface area contributed by atoms with Gasteiger partial charge in [0, 0.05) is 0 Å². The minimum Gasteiger partial charge on any atom is -0.0850 e. The summed E-state index contributed by atoms with van der Waals surface area (Å²) in [5, 5.41) is 0. The van der Waals surface area contributed by atoms with Crippen LogP contribution in [0.2, 0.25) is 0 Å². The average molecular weight is 176 g/mol. The molecule has 4 bridgehead atoms. The van der Waals surface area contributed by atoms with Gasteiger partial charge in [-0.3, -0.25) is 0 Å². The largest absolute Gasteiger partial charge is 0.0850 e. The van der Waals surface area contributed by atoms with Crippen LogP contribution in [0, 0.1) is 23.7 Å². The van der Waals surface area contributed by atoms with Gasteiger partial charge in [0.15, 0.2) is 0 Å². The van der Waals surface area contributed by atoms with Gasteiger partial charge in [0.1, 0.15) is 0 Å². The summed E-state index contributed by atoms with van der Waals surface area (Å²) in [4.78, 5) is 0. The molecule has 0 unspecified atom stereocenters. The van der Waals surface area contributed by atoms with E-state index in [1.54, 1.807) is 32.1 Å². The highest BCUT2D eigenvalue weighted by molar-refractivity contribution is 5.20. The summed E-state index contributed by atoms with van der Waals surface area (Å²) >= 11 is 0. The Bertz CT molecular complexity index is 206. The lowest BCUT2D eigenvalue weighted by Crippen LogP contribution is -2.40. The van der Waals surface area contributed by atoms with Crippen LogP contribution >= 0.6 is 0 Å². The minimum absolute atomic E-state index is 1.02. The zero-order valence-electron chi connectivity index (χ0n) is 8.63. The van der Waals surface area contributed by atoms with Crippen molar-refractivity contribution in [3.8, 4) is 0 Å². The lowest BCUT2D eigenvalue weighted by molar-refractivity contribution is 0.0693. The van der Waals surface area contributed by atoms with Crippen LogP contribution in [0.5, 0.6) is 0 Å². The third-order valence-corrected chi connectivity index (χ3v) is 4.52. The third kappa shape index (κ3) is 1.18.